The number of allylic oxidation sites excluding steroid dienone is 1. The first-order valence-electron chi connectivity index (χ1n) is 11.9. The van der Waals surface area contributed by atoms with Gasteiger partial charge < -0.3 is 4.90 Å². The SMILES string of the molecule is N#CC(C#N)=c1ccc2c(c1)N1C(c3ccccc3)=C[C@@H](c3ccccc3)[C@@H]3CCCC[C@@]31N=2. The van der Waals surface area contributed by atoms with E-state index in [-0.39, 0.29) is 17.2 Å². The van der Waals surface area contributed by atoms with Crippen LogP contribution in [0.15, 0.2) is 89.9 Å². The Morgan fingerprint density at radius 1 is 0.912 bits per heavy atom. The molecule has 0 unspecified atom stereocenters. The summed E-state index contributed by atoms with van der Waals surface area (Å²) in [4.78, 5) is 7.87. The van der Waals surface area contributed by atoms with Gasteiger partial charge in [0.15, 0.2) is 0 Å². The molecule has 0 amide bonds. The van der Waals surface area contributed by atoms with Gasteiger partial charge in [-0.25, -0.2) is 0 Å². The molecule has 164 valence electrons. The summed E-state index contributed by atoms with van der Waals surface area (Å²) < 4.78 is 0. The normalized spacial score (nSPS) is 24.4. The predicted octanol–water partition coefficient (Wildman–Crippen LogP) is 5.05. The number of nitriles is 2. The molecule has 1 spiro atoms. The number of fused-ring (bicyclic) bond motifs is 2. The largest absolute Gasteiger partial charge is 0.314 e. The van der Waals surface area contributed by atoms with Gasteiger partial charge in [0.25, 0.3) is 0 Å². The number of nitrogens with zero attached hydrogens (tertiary/aromatic N) is 4. The quantitative estimate of drug-likeness (QED) is 0.560. The van der Waals surface area contributed by atoms with Gasteiger partial charge in [0.05, 0.1) is 11.0 Å². The molecule has 0 N–H and O–H groups in total. The van der Waals surface area contributed by atoms with E-state index in [1.54, 1.807) is 0 Å². The summed E-state index contributed by atoms with van der Waals surface area (Å²) in [5.41, 5.74) is 4.41. The third-order valence-corrected chi connectivity index (χ3v) is 7.60. The first-order valence-corrected chi connectivity index (χ1v) is 11.9. The van der Waals surface area contributed by atoms with Crippen LogP contribution in [0.25, 0.3) is 11.3 Å². The minimum Gasteiger partial charge on any atom is -0.314 e. The van der Waals surface area contributed by atoms with E-state index in [1.165, 1.54) is 12.0 Å². The molecule has 6 rings (SSSR count). The van der Waals surface area contributed by atoms with E-state index >= 15 is 0 Å². The second-order valence-corrected chi connectivity index (χ2v) is 9.33. The lowest BCUT2D eigenvalue weighted by molar-refractivity contribution is 0.176. The van der Waals surface area contributed by atoms with Gasteiger partial charge in [-0.1, -0.05) is 79.2 Å². The number of rotatable bonds is 2. The zero-order chi connectivity index (χ0) is 23.1. The molecule has 0 aromatic heterocycles. The van der Waals surface area contributed by atoms with Crippen LogP contribution in [0.4, 0.5) is 5.69 Å². The Morgan fingerprint density at radius 3 is 2.38 bits per heavy atom. The molecule has 3 aromatic carbocycles. The molecule has 3 atom stereocenters. The average molecular weight is 441 g/mol. The highest BCUT2D eigenvalue weighted by Crippen LogP contribution is 2.55. The number of hydrogen-bond donors (Lipinski definition) is 0. The fourth-order valence-corrected chi connectivity index (χ4v) is 6.16. The van der Waals surface area contributed by atoms with Crippen LogP contribution in [0.2, 0.25) is 0 Å². The number of hydrogen-bond acceptors (Lipinski definition) is 4. The lowest BCUT2D eigenvalue weighted by Crippen LogP contribution is -2.55. The number of benzene rings is 3. The first-order chi connectivity index (χ1) is 16.7. The summed E-state index contributed by atoms with van der Waals surface area (Å²) >= 11 is 0. The molecule has 4 heteroatoms. The van der Waals surface area contributed by atoms with Crippen molar-refractivity contribution in [1.29, 1.82) is 10.5 Å². The molecule has 0 saturated heterocycles. The summed E-state index contributed by atoms with van der Waals surface area (Å²) in [5.74, 6) is 0.619. The second kappa shape index (κ2) is 8.01. The van der Waals surface area contributed by atoms with Crippen LogP contribution in [-0.2, 0) is 0 Å². The summed E-state index contributed by atoms with van der Waals surface area (Å²) in [6.07, 6.45) is 6.87. The summed E-state index contributed by atoms with van der Waals surface area (Å²) in [6.45, 7) is 0. The Balaban J connectivity index is 1.65. The van der Waals surface area contributed by atoms with Crippen molar-refractivity contribution < 1.29 is 0 Å². The van der Waals surface area contributed by atoms with Crippen molar-refractivity contribution >= 4 is 17.0 Å². The lowest BCUT2D eigenvalue weighted by atomic mass is 9.66. The van der Waals surface area contributed by atoms with Gasteiger partial charge in [0, 0.05) is 22.8 Å². The Labute approximate surface area is 199 Å². The molecular formula is C30H24N4. The third-order valence-electron chi connectivity index (χ3n) is 7.60. The zero-order valence-electron chi connectivity index (χ0n) is 18.9. The van der Waals surface area contributed by atoms with Crippen molar-refractivity contribution in [1.82, 2.24) is 0 Å². The molecule has 0 radical (unpaired) electrons. The molecule has 4 nitrogen and oxygen atoms in total. The molecule has 2 aliphatic heterocycles. The summed E-state index contributed by atoms with van der Waals surface area (Å²) in [7, 11) is 0. The summed E-state index contributed by atoms with van der Waals surface area (Å²) in [5, 5.41) is 20.6. The van der Waals surface area contributed by atoms with Crippen LogP contribution in [-0.4, -0.2) is 5.66 Å². The summed E-state index contributed by atoms with van der Waals surface area (Å²) in [6, 6.07) is 31.3. The molecule has 3 aromatic rings. The third kappa shape index (κ3) is 3.00. The van der Waals surface area contributed by atoms with Crippen LogP contribution in [0.5, 0.6) is 0 Å². The van der Waals surface area contributed by atoms with Gasteiger partial charge in [-0.05, 0) is 42.5 Å². The Morgan fingerprint density at radius 2 is 1.65 bits per heavy atom. The van der Waals surface area contributed by atoms with Gasteiger partial charge in [-0.15, -0.1) is 0 Å². The molecule has 0 bridgehead atoms. The standard InChI is InChI=1S/C30H24N4/c31-19-24(20-32)23-14-15-27-29(17-23)34-28(22-11-5-2-6-12-22)18-25(21-9-3-1-4-10-21)26-13-7-8-16-30(26,34)33-27/h1-6,9-12,14-15,17-18,25-26H,7-8,13,16H2/t25-,26-,30-/m0/s1. The van der Waals surface area contributed by atoms with Gasteiger partial charge in [-0.2, -0.15) is 10.5 Å². The van der Waals surface area contributed by atoms with Crippen molar-refractivity contribution in [2.24, 2.45) is 10.9 Å². The molecule has 1 fully saturated rings. The smallest absolute Gasteiger partial charge is 0.140 e. The highest BCUT2D eigenvalue weighted by Gasteiger charge is 2.55. The Kier molecular flexibility index (Phi) is 4.82. The van der Waals surface area contributed by atoms with Crippen LogP contribution < -0.4 is 15.5 Å². The van der Waals surface area contributed by atoms with Gasteiger partial charge in [0.2, 0.25) is 0 Å². The molecule has 3 aliphatic rings. The van der Waals surface area contributed by atoms with Gasteiger partial charge >= 0.3 is 0 Å². The molecular weight excluding hydrogens is 416 g/mol. The van der Waals surface area contributed by atoms with Crippen molar-refractivity contribution in [3.63, 3.8) is 0 Å². The average Bonchev–Trinajstić information content (AvgIpc) is 3.22. The zero-order valence-corrected chi connectivity index (χ0v) is 18.9. The van der Waals surface area contributed by atoms with E-state index in [4.69, 9.17) is 4.99 Å². The lowest BCUT2D eigenvalue weighted by Gasteiger charge is -2.53. The minimum atomic E-state index is -0.362. The maximum Gasteiger partial charge on any atom is 0.140 e. The fourth-order valence-electron chi connectivity index (χ4n) is 6.16. The maximum absolute atomic E-state index is 9.48. The molecule has 2 heterocycles. The minimum absolute atomic E-state index is 0.133. The highest BCUT2D eigenvalue weighted by atomic mass is 15.4. The Bertz CT molecular complexity index is 1480. The van der Waals surface area contributed by atoms with E-state index in [1.807, 2.05) is 36.4 Å². The van der Waals surface area contributed by atoms with Crippen molar-refractivity contribution in [2.45, 2.75) is 37.3 Å². The molecule has 34 heavy (non-hydrogen) atoms. The Hall–Kier alpha value is -4.15. The van der Waals surface area contributed by atoms with Crippen molar-refractivity contribution in [3.8, 4) is 12.1 Å². The van der Waals surface area contributed by atoms with E-state index < -0.39 is 0 Å². The van der Waals surface area contributed by atoms with Crippen molar-refractivity contribution in [3.05, 3.63) is 107 Å². The van der Waals surface area contributed by atoms with Crippen LogP contribution >= 0.6 is 0 Å². The van der Waals surface area contributed by atoms with E-state index in [9.17, 15) is 10.5 Å². The van der Waals surface area contributed by atoms with E-state index in [2.05, 4.69) is 65.6 Å². The van der Waals surface area contributed by atoms with E-state index in [0.29, 0.717) is 11.1 Å². The second-order valence-electron chi connectivity index (χ2n) is 9.33. The predicted molar refractivity (Wildman–Crippen MR) is 133 cm³/mol. The highest BCUT2D eigenvalue weighted by molar-refractivity contribution is 5.85. The van der Waals surface area contributed by atoms with Crippen LogP contribution in [0, 0.1) is 28.6 Å². The van der Waals surface area contributed by atoms with Crippen LogP contribution in [0.1, 0.15) is 42.7 Å². The maximum atomic E-state index is 9.48. The van der Waals surface area contributed by atoms with Gasteiger partial charge in [0.1, 0.15) is 23.4 Å². The molecule has 1 aliphatic carbocycles. The van der Waals surface area contributed by atoms with Crippen molar-refractivity contribution in [2.75, 3.05) is 4.90 Å². The monoisotopic (exact) mass is 440 g/mol. The van der Waals surface area contributed by atoms with E-state index in [0.717, 1.165) is 41.6 Å². The fraction of sp³-hybridized carbons (Fsp3) is 0.233. The molecule has 1 saturated carbocycles. The van der Waals surface area contributed by atoms with Crippen LogP contribution in [0.3, 0.4) is 0 Å². The topological polar surface area (TPSA) is 63.2 Å². The first kappa shape index (κ1) is 20.5. The number of anilines is 1. The van der Waals surface area contributed by atoms with Gasteiger partial charge in [-0.3, -0.25) is 4.99 Å².